The van der Waals surface area contributed by atoms with Crippen molar-refractivity contribution in [2.75, 3.05) is 6.79 Å². The molecule has 0 aromatic rings. The van der Waals surface area contributed by atoms with Gasteiger partial charge in [0.1, 0.15) is 0 Å². The van der Waals surface area contributed by atoms with E-state index in [4.69, 9.17) is 0 Å². The largest absolute Gasteiger partial charge is 0.214 e. The van der Waals surface area contributed by atoms with Gasteiger partial charge in [-0.1, -0.05) is 0 Å². The van der Waals surface area contributed by atoms with Gasteiger partial charge in [0.25, 0.3) is 0 Å². The van der Waals surface area contributed by atoms with Gasteiger partial charge in [-0.3, -0.25) is 0 Å². The molecule has 5 rings (SSSR count). The Balaban J connectivity index is 0.000000161. The lowest BCUT2D eigenvalue weighted by molar-refractivity contribution is 0.0198. The first-order chi connectivity index (χ1) is 6.40. The van der Waals surface area contributed by atoms with Crippen molar-refractivity contribution in [2.45, 2.75) is 38.5 Å². The SMILES string of the molecule is C1C2CC3CC1CC(C2)C3.C1OO1. The molecule has 0 unspecified atom stereocenters. The fraction of sp³-hybridized carbons (Fsp3) is 1.00. The van der Waals surface area contributed by atoms with Crippen molar-refractivity contribution in [3.8, 4) is 0 Å². The summed E-state index contributed by atoms with van der Waals surface area (Å²) in [4.78, 5) is 8.00. The van der Waals surface area contributed by atoms with E-state index in [0.29, 0.717) is 6.79 Å². The summed E-state index contributed by atoms with van der Waals surface area (Å²) < 4.78 is 0. The Morgan fingerprint density at radius 2 is 0.769 bits per heavy atom. The fourth-order valence-corrected chi connectivity index (χ4v) is 3.98. The molecule has 74 valence electrons. The van der Waals surface area contributed by atoms with E-state index in [0.717, 1.165) is 0 Å². The maximum absolute atomic E-state index is 4.00. The van der Waals surface area contributed by atoms with E-state index in [9.17, 15) is 0 Å². The molecule has 0 N–H and O–H groups in total. The molecule has 1 saturated heterocycles. The zero-order chi connectivity index (χ0) is 8.67. The lowest BCUT2D eigenvalue weighted by atomic mass is 9.56. The summed E-state index contributed by atoms with van der Waals surface area (Å²) in [5, 5.41) is 0. The highest BCUT2D eigenvalue weighted by Crippen LogP contribution is 2.53. The van der Waals surface area contributed by atoms with Crippen LogP contribution in [0.3, 0.4) is 0 Å². The van der Waals surface area contributed by atoms with E-state index in [1.165, 1.54) is 23.7 Å². The molecule has 1 aliphatic heterocycles. The first-order valence-electron chi connectivity index (χ1n) is 5.64. The highest BCUT2D eigenvalue weighted by atomic mass is 17.4. The standard InChI is InChI=1S/C10H16.CH2O2/c1-7-2-9-4-8(1)5-10(3-7)6-9;1-2-3-1/h7-10H,1-6H2;1H2. The number of hydrogen-bond acceptors (Lipinski definition) is 2. The van der Waals surface area contributed by atoms with Gasteiger partial charge >= 0.3 is 0 Å². The molecule has 5 aliphatic rings. The highest BCUT2D eigenvalue weighted by Gasteiger charge is 2.41. The summed E-state index contributed by atoms with van der Waals surface area (Å²) >= 11 is 0. The Labute approximate surface area is 79.5 Å². The van der Waals surface area contributed by atoms with Crippen LogP contribution in [0.5, 0.6) is 0 Å². The molecule has 4 saturated carbocycles. The second-order valence-corrected chi connectivity index (χ2v) is 5.23. The molecular formula is C11H18O2. The molecule has 0 amide bonds. The van der Waals surface area contributed by atoms with Crippen molar-refractivity contribution in [1.29, 1.82) is 0 Å². The molecular weight excluding hydrogens is 164 g/mol. The fourth-order valence-electron chi connectivity index (χ4n) is 3.98. The van der Waals surface area contributed by atoms with Crippen LogP contribution in [-0.4, -0.2) is 6.79 Å². The lowest BCUT2D eigenvalue weighted by Crippen LogP contribution is -2.38. The van der Waals surface area contributed by atoms with Gasteiger partial charge in [0.05, 0.1) is 0 Å². The normalized spacial score (nSPS) is 49.8. The van der Waals surface area contributed by atoms with E-state index in [-0.39, 0.29) is 0 Å². The topological polar surface area (TPSA) is 25.1 Å². The van der Waals surface area contributed by atoms with Gasteiger partial charge in [-0.05, 0) is 62.2 Å². The van der Waals surface area contributed by atoms with Crippen LogP contribution in [-0.2, 0) is 9.78 Å². The summed E-state index contributed by atoms with van der Waals surface area (Å²) in [5.41, 5.74) is 0. The lowest BCUT2D eigenvalue weighted by Gasteiger charge is -2.49. The molecule has 0 aromatic heterocycles. The average Bonchev–Trinajstić information content (AvgIpc) is 2.85. The molecule has 0 spiro atoms. The van der Waals surface area contributed by atoms with Crippen LogP contribution < -0.4 is 0 Å². The minimum Gasteiger partial charge on any atom is -0.202 e. The Morgan fingerprint density at radius 1 is 0.538 bits per heavy atom. The zero-order valence-electron chi connectivity index (χ0n) is 8.08. The average molecular weight is 182 g/mol. The third-order valence-corrected chi connectivity index (χ3v) is 4.12. The molecule has 2 nitrogen and oxygen atoms in total. The van der Waals surface area contributed by atoms with Crippen molar-refractivity contribution in [3.63, 3.8) is 0 Å². The first-order valence-corrected chi connectivity index (χ1v) is 5.64. The van der Waals surface area contributed by atoms with Gasteiger partial charge in [-0.15, -0.1) is 0 Å². The third-order valence-electron chi connectivity index (χ3n) is 4.12. The van der Waals surface area contributed by atoms with Crippen LogP contribution in [0, 0.1) is 23.7 Å². The van der Waals surface area contributed by atoms with E-state index >= 15 is 0 Å². The van der Waals surface area contributed by atoms with Crippen molar-refractivity contribution in [3.05, 3.63) is 0 Å². The van der Waals surface area contributed by atoms with Gasteiger partial charge in [0, 0.05) is 0 Å². The molecule has 0 radical (unpaired) electrons. The van der Waals surface area contributed by atoms with Crippen LogP contribution in [0.15, 0.2) is 0 Å². The van der Waals surface area contributed by atoms with Crippen molar-refractivity contribution in [1.82, 2.24) is 0 Å². The summed E-state index contributed by atoms with van der Waals surface area (Å²) in [5.74, 6) is 4.71. The van der Waals surface area contributed by atoms with Gasteiger partial charge in [-0.2, -0.15) is 0 Å². The summed E-state index contributed by atoms with van der Waals surface area (Å²) in [7, 11) is 0. The monoisotopic (exact) mass is 182 g/mol. The summed E-state index contributed by atoms with van der Waals surface area (Å²) in [6, 6.07) is 0. The molecule has 13 heavy (non-hydrogen) atoms. The predicted molar refractivity (Wildman–Crippen MR) is 48.7 cm³/mol. The Morgan fingerprint density at radius 3 is 0.923 bits per heavy atom. The number of rotatable bonds is 0. The van der Waals surface area contributed by atoms with Gasteiger partial charge < -0.3 is 0 Å². The summed E-state index contributed by atoms with van der Waals surface area (Å²) in [6.45, 7) is 0.500. The molecule has 0 aromatic carbocycles. The van der Waals surface area contributed by atoms with Gasteiger partial charge in [0.2, 0.25) is 6.79 Å². The van der Waals surface area contributed by atoms with Gasteiger partial charge in [-0.25, -0.2) is 9.78 Å². The van der Waals surface area contributed by atoms with Crippen LogP contribution in [0.1, 0.15) is 38.5 Å². The second-order valence-electron chi connectivity index (χ2n) is 5.23. The van der Waals surface area contributed by atoms with E-state index in [2.05, 4.69) is 9.78 Å². The molecule has 4 aliphatic carbocycles. The first kappa shape index (κ1) is 8.25. The molecule has 4 bridgehead atoms. The van der Waals surface area contributed by atoms with Crippen LogP contribution in [0.25, 0.3) is 0 Å². The molecule has 2 heteroatoms. The van der Waals surface area contributed by atoms with E-state index in [1.807, 2.05) is 0 Å². The van der Waals surface area contributed by atoms with Crippen LogP contribution in [0.4, 0.5) is 0 Å². The number of hydrogen-bond donors (Lipinski definition) is 0. The molecule has 5 fully saturated rings. The minimum absolute atomic E-state index is 0.500. The third kappa shape index (κ3) is 1.89. The molecule has 0 atom stereocenters. The quantitative estimate of drug-likeness (QED) is 0.425. The van der Waals surface area contributed by atoms with Crippen LogP contribution >= 0.6 is 0 Å². The van der Waals surface area contributed by atoms with Crippen molar-refractivity contribution in [2.24, 2.45) is 23.7 Å². The zero-order valence-corrected chi connectivity index (χ0v) is 8.08. The predicted octanol–water partition coefficient (Wildman–Crippen LogP) is 2.74. The molecule has 1 heterocycles. The highest BCUT2D eigenvalue weighted by molar-refractivity contribution is 4.92. The van der Waals surface area contributed by atoms with Gasteiger partial charge in [0.15, 0.2) is 0 Å². The maximum Gasteiger partial charge on any atom is 0.214 e. The van der Waals surface area contributed by atoms with Crippen LogP contribution in [0.2, 0.25) is 0 Å². The second kappa shape index (κ2) is 3.25. The minimum atomic E-state index is 0.500. The van der Waals surface area contributed by atoms with Crippen molar-refractivity contribution < 1.29 is 9.78 Å². The van der Waals surface area contributed by atoms with Crippen molar-refractivity contribution >= 4 is 0 Å². The Kier molecular flexibility index (Phi) is 2.06. The maximum atomic E-state index is 4.00. The van der Waals surface area contributed by atoms with E-state index in [1.54, 1.807) is 38.5 Å². The summed E-state index contributed by atoms with van der Waals surface area (Å²) in [6.07, 6.45) is 9.62. The Bertz CT molecular complexity index is 129. The Hall–Kier alpha value is -0.0800. The smallest absolute Gasteiger partial charge is 0.202 e. The van der Waals surface area contributed by atoms with E-state index < -0.39 is 0 Å².